The summed E-state index contributed by atoms with van der Waals surface area (Å²) in [6.45, 7) is -0.182. The monoisotopic (exact) mass is 395 g/mol. The molecule has 0 aliphatic carbocycles. The molecule has 26 heavy (non-hydrogen) atoms. The third-order valence-corrected chi connectivity index (χ3v) is 4.53. The Hall–Kier alpha value is -2.05. The van der Waals surface area contributed by atoms with Crippen LogP contribution in [0.4, 0.5) is 4.39 Å². The zero-order valence-corrected chi connectivity index (χ0v) is 15.8. The van der Waals surface area contributed by atoms with E-state index in [9.17, 15) is 14.0 Å². The van der Waals surface area contributed by atoms with Gasteiger partial charge in [-0.25, -0.2) is 9.18 Å². The van der Waals surface area contributed by atoms with Crippen molar-refractivity contribution in [2.75, 3.05) is 12.0 Å². The van der Waals surface area contributed by atoms with Gasteiger partial charge in [0.1, 0.15) is 18.5 Å². The molecule has 4 nitrogen and oxygen atoms in total. The van der Waals surface area contributed by atoms with Crippen LogP contribution in [0.3, 0.4) is 0 Å². The minimum absolute atomic E-state index is 0.182. The van der Waals surface area contributed by atoms with Crippen molar-refractivity contribution in [3.05, 3.63) is 70.5 Å². The number of ether oxygens (including phenoxy) is 1. The van der Waals surface area contributed by atoms with Gasteiger partial charge in [-0.2, -0.15) is 11.8 Å². The second-order valence-corrected chi connectivity index (χ2v) is 6.94. The van der Waals surface area contributed by atoms with Crippen LogP contribution in [-0.2, 0) is 16.1 Å². The highest BCUT2D eigenvalue weighted by Crippen LogP contribution is 2.12. The summed E-state index contributed by atoms with van der Waals surface area (Å²) in [7, 11) is 0. The molecule has 1 atom stereocenters. The molecule has 0 aromatic heterocycles. The van der Waals surface area contributed by atoms with Crippen LogP contribution in [0.5, 0.6) is 0 Å². The molecule has 0 radical (unpaired) electrons. The largest absolute Gasteiger partial charge is 0.459 e. The van der Waals surface area contributed by atoms with Gasteiger partial charge < -0.3 is 10.1 Å². The van der Waals surface area contributed by atoms with Crippen LogP contribution >= 0.6 is 23.4 Å². The maximum Gasteiger partial charge on any atom is 0.329 e. The molecule has 0 aliphatic heterocycles. The fourth-order valence-electron chi connectivity index (χ4n) is 2.19. The predicted octanol–water partition coefficient (Wildman–Crippen LogP) is 4.07. The molecule has 1 N–H and O–H groups in total. The fourth-order valence-corrected chi connectivity index (χ4v) is 2.79. The summed E-state index contributed by atoms with van der Waals surface area (Å²) in [4.78, 5) is 24.7. The van der Waals surface area contributed by atoms with Crippen molar-refractivity contribution >= 4 is 35.2 Å². The Bertz CT molecular complexity index is 755. The van der Waals surface area contributed by atoms with Crippen LogP contribution in [0.25, 0.3) is 0 Å². The molecule has 0 aliphatic rings. The molecule has 0 fully saturated rings. The van der Waals surface area contributed by atoms with Gasteiger partial charge in [-0.1, -0.05) is 29.8 Å². The van der Waals surface area contributed by atoms with Crippen molar-refractivity contribution < 1.29 is 18.7 Å². The topological polar surface area (TPSA) is 55.4 Å². The van der Waals surface area contributed by atoms with Crippen molar-refractivity contribution in [1.29, 1.82) is 0 Å². The van der Waals surface area contributed by atoms with E-state index in [2.05, 4.69) is 5.32 Å². The Morgan fingerprint density at radius 1 is 1.19 bits per heavy atom. The number of esters is 1. The molecule has 7 heteroatoms. The third-order valence-electron chi connectivity index (χ3n) is 3.63. The molecule has 138 valence electrons. The lowest BCUT2D eigenvalue weighted by Crippen LogP contribution is -2.42. The second-order valence-electron chi connectivity index (χ2n) is 5.51. The van der Waals surface area contributed by atoms with Gasteiger partial charge in [0.15, 0.2) is 0 Å². The molecule has 0 bridgehead atoms. The Morgan fingerprint density at radius 2 is 1.88 bits per heavy atom. The van der Waals surface area contributed by atoms with Gasteiger partial charge in [-0.3, -0.25) is 4.79 Å². The van der Waals surface area contributed by atoms with E-state index in [4.69, 9.17) is 16.3 Å². The molecule has 0 heterocycles. The van der Waals surface area contributed by atoms with Gasteiger partial charge in [0, 0.05) is 16.1 Å². The zero-order chi connectivity index (χ0) is 18.9. The van der Waals surface area contributed by atoms with E-state index in [1.807, 2.05) is 6.26 Å². The fraction of sp³-hybridized carbons (Fsp3) is 0.263. The van der Waals surface area contributed by atoms with Gasteiger partial charge in [0.05, 0.1) is 0 Å². The summed E-state index contributed by atoms with van der Waals surface area (Å²) in [5.74, 6) is -0.758. The Labute approximate surface area is 161 Å². The van der Waals surface area contributed by atoms with E-state index in [0.717, 1.165) is 0 Å². The van der Waals surface area contributed by atoms with E-state index in [1.165, 1.54) is 6.07 Å². The quantitative estimate of drug-likeness (QED) is 0.684. The number of hydrogen-bond donors (Lipinski definition) is 1. The number of nitrogens with one attached hydrogen (secondary N) is 1. The number of thioether (sulfide) groups is 1. The Morgan fingerprint density at radius 3 is 2.54 bits per heavy atom. The zero-order valence-electron chi connectivity index (χ0n) is 14.2. The molecule has 0 unspecified atom stereocenters. The van der Waals surface area contributed by atoms with Crippen LogP contribution < -0.4 is 5.32 Å². The molecule has 2 aromatic carbocycles. The highest BCUT2D eigenvalue weighted by Gasteiger charge is 2.23. The van der Waals surface area contributed by atoms with E-state index in [-0.39, 0.29) is 12.2 Å². The molecule has 2 rings (SSSR count). The summed E-state index contributed by atoms with van der Waals surface area (Å²) in [6.07, 6.45) is 2.32. The molecule has 0 spiro atoms. The molecular formula is C19H19ClFNO3S. The van der Waals surface area contributed by atoms with Gasteiger partial charge in [-0.15, -0.1) is 0 Å². The van der Waals surface area contributed by atoms with Crippen LogP contribution in [-0.4, -0.2) is 29.9 Å². The van der Waals surface area contributed by atoms with E-state index >= 15 is 0 Å². The summed E-state index contributed by atoms with van der Waals surface area (Å²) < 4.78 is 18.8. The highest BCUT2D eigenvalue weighted by molar-refractivity contribution is 7.98. The number of carbonyl (C=O) groups is 2. The first kappa shape index (κ1) is 20.3. The van der Waals surface area contributed by atoms with Crippen LogP contribution in [0.2, 0.25) is 5.02 Å². The van der Waals surface area contributed by atoms with E-state index in [0.29, 0.717) is 22.8 Å². The van der Waals surface area contributed by atoms with E-state index in [1.54, 1.807) is 54.2 Å². The second kappa shape index (κ2) is 10.2. The summed E-state index contributed by atoms with van der Waals surface area (Å²) in [5.41, 5.74) is 0.680. The lowest BCUT2D eigenvalue weighted by Gasteiger charge is -2.17. The number of halogens is 2. The number of rotatable bonds is 8. The number of carbonyl (C=O) groups excluding carboxylic acids is 2. The molecule has 1 amide bonds. The summed E-state index contributed by atoms with van der Waals surface area (Å²) in [5, 5.41) is 3.19. The molecular weight excluding hydrogens is 377 g/mol. The maximum atomic E-state index is 13.6. The predicted molar refractivity (Wildman–Crippen MR) is 102 cm³/mol. The van der Waals surface area contributed by atoms with Gasteiger partial charge in [0.25, 0.3) is 5.91 Å². The van der Waals surface area contributed by atoms with Crippen molar-refractivity contribution in [3.8, 4) is 0 Å². The standard InChI is InChI=1S/C19H19ClFNO3S/c1-26-11-10-17(22-18(23)13-6-8-15(20)9-7-13)19(24)25-12-14-4-2-3-5-16(14)21/h2-9,17H,10-12H2,1H3,(H,22,23)/t17-/m0/s1. The van der Waals surface area contributed by atoms with Crippen LogP contribution in [0, 0.1) is 5.82 Å². The van der Waals surface area contributed by atoms with Crippen molar-refractivity contribution in [1.82, 2.24) is 5.32 Å². The number of hydrogen-bond acceptors (Lipinski definition) is 4. The van der Waals surface area contributed by atoms with Crippen molar-refractivity contribution in [3.63, 3.8) is 0 Å². The Kier molecular flexibility index (Phi) is 7.94. The smallest absolute Gasteiger partial charge is 0.329 e. The first-order valence-electron chi connectivity index (χ1n) is 7.96. The first-order valence-corrected chi connectivity index (χ1v) is 9.74. The molecule has 0 saturated heterocycles. The number of benzene rings is 2. The Balaban J connectivity index is 2.00. The minimum atomic E-state index is -0.808. The van der Waals surface area contributed by atoms with Gasteiger partial charge in [0.2, 0.25) is 0 Å². The lowest BCUT2D eigenvalue weighted by atomic mass is 10.1. The van der Waals surface area contributed by atoms with Crippen LogP contribution in [0.1, 0.15) is 22.3 Å². The average Bonchev–Trinajstić information content (AvgIpc) is 2.64. The molecule has 0 saturated carbocycles. The lowest BCUT2D eigenvalue weighted by molar-refractivity contribution is -0.147. The van der Waals surface area contributed by atoms with E-state index < -0.39 is 23.7 Å². The highest BCUT2D eigenvalue weighted by atomic mass is 35.5. The van der Waals surface area contributed by atoms with Gasteiger partial charge >= 0.3 is 5.97 Å². The van der Waals surface area contributed by atoms with Crippen LogP contribution in [0.15, 0.2) is 48.5 Å². The average molecular weight is 396 g/mol. The summed E-state index contributed by atoms with van der Waals surface area (Å²) in [6, 6.07) is 11.6. The summed E-state index contributed by atoms with van der Waals surface area (Å²) >= 11 is 7.37. The SMILES string of the molecule is CSCC[C@H](NC(=O)c1ccc(Cl)cc1)C(=O)OCc1ccccc1F. The third kappa shape index (κ3) is 6.04. The first-order chi connectivity index (χ1) is 12.5. The normalized spacial score (nSPS) is 11.7. The maximum absolute atomic E-state index is 13.6. The van der Waals surface area contributed by atoms with Crippen molar-refractivity contribution in [2.45, 2.75) is 19.1 Å². The minimum Gasteiger partial charge on any atom is -0.459 e. The van der Waals surface area contributed by atoms with Crippen molar-refractivity contribution in [2.24, 2.45) is 0 Å². The molecule has 2 aromatic rings. The van der Waals surface area contributed by atoms with Gasteiger partial charge in [-0.05, 0) is 48.8 Å². The number of amides is 1.